The van der Waals surface area contributed by atoms with Crippen LogP contribution in [0.1, 0.15) is 63.2 Å². The molecule has 2 atom stereocenters. The summed E-state index contributed by atoms with van der Waals surface area (Å²) in [6.45, 7) is 7.81. The Bertz CT molecular complexity index is 1230. The number of rotatable bonds is 2. The zero-order chi connectivity index (χ0) is 24.1. The second-order valence-electron chi connectivity index (χ2n) is 9.76. The third-order valence-electron chi connectivity index (χ3n) is 6.06. The van der Waals surface area contributed by atoms with Crippen LogP contribution in [0.4, 0.5) is 4.79 Å². The second-order valence-corrected chi connectivity index (χ2v) is 9.76. The number of aromatic nitrogens is 2. The Morgan fingerprint density at radius 1 is 1.12 bits per heavy atom. The van der Waals surface area contributed by atoms with Crippen LogP contribution in [0.5, 0.6) is 0 Å². The molecule has 3 heterocycles. The van der Waals surface area contributed by atoms with Gasteiger partial charge in [0, 0.05) is 25.6 Å². The van der Waals surface area contributed by atoms with E-state index in [0.717, 1.165) is 11.1 Å². The van der Waals surface area contributed by atoms with Gasteiger partial charge in [0.15, 0.2) is 0 Å². The summed E-state index contributed by atoms with van der Waals surface area (Å²) < 4.78 is 8.65. The number of hydrogen-bond donors (Lipinski definition) is 1. The van der Waals surface area contributed by atoms with Gasteiger partial charge in [0.2, 0.25) is 11.8 Å². The predicted octanol–water partition coefficient (Wildman–Crippen LogP) is 2.86. The topological polar surface area (TPSA) is 103 Å². The van der Waals surface area contributed by atoms with Gasteiger partial charge in [0.05, 0.1) is 17.1 Å². The summed E-state index contributed by atoms with van der Waals surface area (Å²) >= 11 is 0. The van der Waals surface area contributed by atoms with E-state index in [1.54, 1.807) is 11.9 Å². The maximum atomic E-state index is 13.3. The van der Waals surface area contributed by atoms with Crippen LogP contribution in [0, 0.1) is 6.92 Å². The van der Waals surface area contributed by atoms with Crippen molar-refractivity contribution >= 4 is 28.9 Å². The van der Waals surface area contributed by atoms with Crippen molar-refractivity contribution in [3.63, 3.8) is 0 Å². The lowest BCUT2D eigenvalue weighted by molar-refractivity contribution is -0.135. The molecule has 4 rings (SSSR count). The van der Waals surface area contributed by atoms with E-state index >= 15 is 0 Å². The first kappa shape index (κ1) is 22.8. The Hall–Kier alpha value is -3.36. The van der Waals surface area contributed by atoms with Crippen molar-refractivity contribution in [3.05, 3.63) is 45.9 Å². The van der Waals surface area contributed by atoms with Gasteiger partial charge >= 0.3 is 11.8 Å². The molecule has 176 valence electrons. The molecule has 0 bridgehead atoms. The van der Waals surface area contributed by atoms with Gasteiger partial charge in [-0.15, -0.1) is 0 Å². The quantitative estimate of drug-likeness (QED) is 0.555. The number of fused-ring (bicyclic) bond motifs is 1. The highest BCUT2D eigenvalue weighted by atomic mass is 16.6. The van der Waals surface area contributed by atoms with Gasteiger partial charge in [0.25, 0.3) is 0 Å². The van der Waals surface area contributed by atoms with Crippen LogP contribution in [0.2, 0.25) is 0 Å². The fourth-order valence-corrected chi connectivity index (χ4v) is 4.67. The number of nitrogens with one attached hydrogen (secondary N) is 1. The minimum atomic E-state index is -0.762. The number of imide groups is 1. The molecule has 1 saturated heterocycles. The number of carbonyl (C=O) groups is 3. The normalized spacial score (nSPS) is 21.4. The van der Waals surface area contributed by atoms with Crippen LogP contribution in [-0.2, 0) is 21.4 Å². The maximum Gasteiger partial charge on any atom is 0.411 e. The molecule has 2 unspecified atom stereocenters. The molecular weight excluding hydrogens is 424 g/mol. The minimum Gasteiger partial charge on any atom is -0.444 e. The summed E-state index contributed by atoms with van der Waals surface area (Å²) in [5, 5.41) is 2.34. The molecule has 0 radical (unpaired) electrons. The average molecular weight is 455 g/mol. The number of ether oxygens (including phenoxy) is 1. The number of amides is 3. The van der Waals surface area contributed by atoms with E-state index in [9.17, 15) is 19.2 Å². The molecule has 1 fully saturated rings. The van der Waals surface area contributed by atoms with Gasteiger partial charge in [-0.2, -0.15) is 0 Å². The molecule has 3 amide bonds. The smallest absolute Gasteiger partial charge is 0.411 e. The lowest BCUT2D eigenvalue weighted by Crippen LogP contribution is -2.44. The summed E-state index contributed by atoms with van der Waals surface area (Å²) in [5.41, 5.74) is 2.05. The zero-order valence-electron chi connectivity index (χ0n) is 19.7. The molecule has 1 aromatic heterocycles. The third-order valence-corrected chi connectivity index (χ3v) is 6.06. The highest BCUT2D eigenvalue weighted by Crippen LogP contribution is 2.35. The van der Waals surface area contributed by atoms with Crippen molar-refractivity contribution in [3.8, 4) is 0 Å². The van der Waals surface area contributed by atoms with Crippen molar-refractivity contribution in [2.24, 2.45) is 7.05 Å². The largest absolute Gasteiger partial charge is 0.444 e. The molecule has 2 aliphatic heterocycles. The first-order valence-electron chi connectivity index (χ1n) is 11.2. The summed E-state index contributed by atoms with van der Waals surface area (Å²) in [7, 11) is 1.67. The van der Waals surface area contributed by atoms with Crippen molar-refractivity contribution in [1.82, 2.24) is 19.4 Å². The van der Waals surface area contributed by atoms with Crippen molar-refractivity contribution in [2.45, 2.75) is 64.6 Å². The van der Waals surface area contributed by atoms with E-state index < -0.39 is 23.6 Å². The van der Waals surface area contributed by atoms with Gasteiger partial charge in [-0.05, 0) is 52.2 Å². The summed E-state index contributed by atoms with van der Waals surface area (Å²) in [6, 6.07) is 2.77. The fraction of sp³-hybridized carbons (Fsp3) is 0.500. The lowest BCUT2D eigenvalue weighted by Gasteiger charge is -2.35. The molecule has 1 aromatic carbocycles. The monoisotopic (exact) mass is 454 g/mol. The van der Waals surface area contributed by atoms with Crippen LogP contribution < -0.4 is 11.0 Å². The summed E-state index contributed by atoms with van der Waals surface area (Å²) in [4.78, 5) is 52.2. The number of aryl methyl sites for hydroxylation is 2. The number of hydrogen-bond acceptors (Lipinski definition) is 5. The van der Waals surface area contributed by atoms with Crippen molar-refractivity contribution < 1.29 is 19.1 Å². The van der Waals surface area contributed by atoms with Crippen LogP contribution in [0.15, 0.2) is 29.1 Å². The Morgan fingerprint density at radius 2 is 1.85 bits per heavy atom. The Labute approximate surface area is 192 Å². The average Bonchev–Trinajstić information content (AvgIpc) is 2.96. The third kappa shape index (κ3) is 4.19. The van der Waals surface area contributed by atoms with Gasteiger partial charge in [-0.3, -0.25) is 28.9 Å². The first-order valence-corrected chi connectivity index (χ1v) is 11.2. The van der Waals surface area contributed by atoms with Crippen LogP contribution in [0.25, 0.3) is 11.0 Å². The number of benzene rings is 1. The molecule has 0 spiro atoms. The molecule has 0 saturated carbocycles. The molecule has 9 heteroatoms. The van der Waals surface area contributed by atoms with Crippen LogP contribution in [-0.4, -0.2) is 44.1 Å². The van der Waals surface area contributed by atoms with E-state index in [2.05, 4.69) is 5.32 Å². The molecule has 0 aliphatic carbocycles. The molecular formula is C24H30N4O5. The van der Waals surface area contributed by atoms with Crippen LogP contribution >= 0.6 is 0 Å². The predicted molar refractivity (Wildman–Crippen MR) is 123 cm³/mol. The van der Waals surface area contributed by atoms with Crippen molar-refractivity contribution in [1.29, 1.82) is 0 Å². The highest BCUT2D eigenvalue weighted by Gasteiger charge is 2.35. The van der Waals surface area contributed by atoms with E-state index in [1.165, 1.54) is 9.13 Å². The van der Waals surface area contributed by atoms with E-state index in [-0.39, 0.29) is 30.5 Å². The first-order chi connectivity index (χ1) is 15.5. The van der Waals surface area contributed by atoms with E-state index in [4.69, 9.17) is 4.74 Å². The number of carbonyl (C=O) groups excluding carboxylic acids is 3. The highest BCUT2D eigenvalue weighted by molar-refractivity contribution is 6.00. The maximum absolute atomic E-state index is 13.3. The molecule has 9 nitrogen and oxygen atoms in total. The number of imidazole rings is 1. The van der Waals surface area contributed by atoms with E-state index in [0.29, 0.717) is 24.0 Å². The van der Waals surface area contributed by atoms with E-state index in [1.807, 2.05) is 52.0 Å². The Morgan fingerprint density at radius 3 is 2.52 bits per heavy atom. The summed E-state index contributed by atoms with van der Waals surface area (Å²) in [5.74, 6) is -0.803. The lowest BCUT2D eigenvalue weighted by atomic mass is 9.96. The molecule has 2 aromatic rings. The SMILES string of the molecule is Cc1cc(C2CC=CCN2C(=O)OC(C)(C)C)c2c(c1)n(C1CCC(=O)NC1=O)c(=O)n2C. The molecule has 2 aliphatic rings. The second kappa shape index (κ2) is 8.20. The van der Waals surface area contributed by atoms with Crippen LogP contribution in [0.3, 0.4) is 0 Å². The van der Waals surface area contributed by atoms with Crippen molar-refractivity contribution in [2.75, 3.05) is 6.54 Å². The molecule has 1 N–H and O–H groups in total. The van der Waals surface area contributed by atoms with Gasteiger partial charge in [-0.25, -0.2) is 9.59 Å². The standard InChI is InChI=1S/C24H30N4O5/c1-14-12-15(16-8-6-7-11-27(16)23(32)33-24(2,3)4)20-18(13-14)28(22(31)26(20)5)17-9-10-19(29)25-21(17)30/h6-7,12-13,16-17H,8-11H2,1-5H3,(H,25,29,30). The summed E-state index contributed by atoms with van der Waals surface area (Å²) in [6.07, 6.45) is 4.56. The zero-order valence-corrected chi connectivity index (χ0v) is 19.7. The Balaban J connectivity index is 1.86. The van der Waals surface area contributed by atoms with Gasteiger partial charge in [-0.1, -0.05) is 18.2 Å². The minimum absolute atomic E-state index is 0.178. The van der Waals surface area contributed by atoms with Gasteiger partial charge in [0.1, 0.15) is 11.6 Å². The fourth-order valence-electron chi connectivity index (χ4n) is 4.67. The Kier molecular flexibility index (Phi) is 5.67. The molecule has 33 heavy (non-hydrogen) atoms. The number of piperidine rings is 1. The van der Waals surface area contributed by atoms with Gasteiger partial charge < -0.3 is 4.74 Å². The number of nitrogens with zero attached hydrogens (tertiary/aromatic N) is 3.